The molecule has 1 aromatic rings. The summed E-state index contributed by atoms with van der Waals surface area (Å²) in [6, 6.07) is 9.99. The Morgan fingerprint density at radius 2 is 2.13 bits per heavy atom. The van der Waals surface area contributed by atoms with Crippen LogP contribution in [0.2, 0.25) is 5.02 Å². The normalized spacial score (nSPS) is 15.7. The van der Waals surface area contributed by atoms with E-state index in [4.69, 9.17) is 16.9 Å². The fourth-order valence-corrected chi connectivity index (χ4v) is 1.95. The van der Waals surface area contributed by atoms with Crippen LogP contribution < -0.4 is 4.90 Å². The van der Waals surface area contributed by atoms with E-state index in [0.29, 0.717) is 0 Å². The monoisotopic (exact) mass is 218 g/mol. The summed E-state index contributed by atoms with van der Waals surface area (Å²) in [6.07, 6.45) is 2.77. The number of rotatable bonds is 1. The second-order valence-corrected chi connectivity index (χ2v) is 3.90. The van der Waals surface area contributed by atoms with Crippen molar-refractivity contribution in [1.82, 2.24) is 0 Å². The third-order valence-corrected chi connectivity index (χ3v) is 2.87. The van der Waals surface area contributed by atoms with Gasteiger partial charge in [0.2, 0.25) is 0 Å². The average molecular weight is 219 g/mol. The van der Waals surface area contributed by atoms with Crippen molar-refractivity contribution in [1.29, 1.82) is 5.26 Å². The van der Waals surface area contributed by atoms with E-state index in [-0.39, 0.29) is 0 Å². The number of nitrogens with zero attached hydrogens (tertiary/aromatic N) is 2. The summed E-state index contributed by atoms with van der Waals surface area (Å²) in [6.45, 7) is 1.63. The van der Waals surface area contributed by atoms with Crippen molar-refractivity contribution < 1.29 is 0 Å². The Balaban J connectivity index is 2.19. The maximum Gasteiger partial charge on any atom is 0.0945 e. The van der Waals surface area contributed by atoms with Crippen LogP contribution in [-0.2, 0) is 0 Å². The number of para-hydroxylation sites is 1. The second kappa shape index (κ2) is 4.37. The summed E-state index contributed by atoms with van der Waals surface area (Å²) in [7, 11) is 0. The SMILES string of the molecule is N#CC1=CCN(c2ccccc2Cl)CC1. The van der Waals surface area contributed by atoms with Crippen molar-refractivity contribution in [2.45, 2.75) is 6.42 Å². The Bertz CT molecular complexity index is 431. The van der Waals surface area contributed by atoms with E-state index in [9.17, 15) is 0 Å². The van der Waals surface area contributed by atoms with Gasteiger partial charge >= 0.3 is 0 Å². The number of benzene rings is 1. The Morgan fingerprint density at radius 3 is 2.73 bits per heavy atom. The van der Waals surface area contributed by atoms with Crippen molar-refractivity contribution in [3.63, 3.8) is 0 Å². The minimum absolute atomic E-state index is 0.770. The molecule has 0 saturated carbocycles. The highest BCUT2D eigenvalue weighted by atomic mass is 35.5. The lowest BCUT2D eigenvalue weighted by Gasteiger charge is -2.27. The van der Waals surface area contributed by atoms with Gasteiger partial charge in [-0.15, -0.1) is 0 Å². The molecule has 0 spiro atoms. The molecule has 0 atom stereocenters. The van der Waals surface area contributed by atoms with E-state index < -0.39 is 0 Å². The largest absolute Gasteiger partial charge is 0.366 e. The Morgan fingerprint density at radius 1 is 1.33 bits per heavy atom. The molecule has 0 bridgehead atoms. The van der Waals surface area contributed by atoms with Crippen LogP contribution in [-0.4, -0.2) is 13.1 Å². The molecule has 0 unspecified atom stereocenters. The van der Waals surface area contributed by atoms with Crippen LogP contribution in [0.5, 0.6) is 0 Å². The van der Waals surface area contributed by atoms with Crippen molar-refractivity contribution in [2.75, 3.05) is 18.0 Å². The summed E-state index contributed by atoms with van der Waals surface area (Å²) < 4.78 is 0. The van der Waals surface area contributed by atoms with Gasteiger partial charge in [0.25, 0.3) is 0 Å². The maximum absolute atomic E-state index is 8.74. The molecule has 0 amide bonds. The Labute approximate surface area is 94.4 Å². The minimum atomic E-state index is 0.770. The third-order valence-electron chi connectivity index (χ3n) is 2.55. The predicted molar refractivity (Wildman–Crippen MR) is 62.0 cm³/mol. The second-order valence-electron chi connectivity index (χ2n) is 3.49. The maximum atomic E-state index is 8.74. The third kappa shape index (κ3) is 2.14. The predicted octanol–water partition coefficient (Wildman–Crippen LogP) is 3.00. The first kappa shape index (κ1) is 10.1. The first-order valence-corrected chi connectivity index (χ1v) is 5.27. The van der Waals surface area contributed by atoms with E-state index in [1.165, 1.54) is 0 Å². The number of anilines is 1. The molecule has 3 heteroatoms. The first-order valence-electron chi connectivity index (χ1n) is 4.90. The molecule has 0 radical (unpaired) electrons. The highest BCUT2D eigenvalue weighted by Gasteiger charge is 2.13. The van der Waals surface area contributed by atoms with E-state index in [2.05, 4.69) is 11.0 Å². The summed E-state index contributed by atoms with van der Waals surface area (Å²) in [5, 5.41) is 9.51. The molecular weight excluding hydrogens is 208 g/mol. The Hall–Kier alpha value is -1.46. The van der Waals surface area contributed by atoms with Gasteiger partial charge in [0.1, 0.15) is 0 Å². The smallest absolute Gasteiger partial charge is 0.0945 e. The number of nitriles is 1. The molecule has 2 nitrogen and oxygen atoms in total. The summed E-state index contributed by atoms with van der Waals surface area (Å²) in [5.74, 6) is 0. The Kier molecular flexibility index (Phi) is 2.94. The van der Waals surface area contributed by atoms with Crippen LogP contribution in [0.3, 0.4) is 0 Å². The molecule has 2 rings (SSSR count). The van der Waals surface area contributed by atoms with E-state index in [1.54, 1.807) is 0 Å². The van der Waals surface area contributed by atoms with Crippen LogP contribution in [0.25, 0.3) is 0 Å². The summed E-state index contributed by atoms with van der Waals surface area (Å²) in [5.41, 5.74) is 1.92. The quantitative estimate of drug-likeness (QED) is 0.725. The molecule has 1 aliphatic heterocycles. The zero-order valence-electron chi connectivity index (χ0n) is 8.28. The molecule has 1 aromatic carbocycles. The first-order chi connectivity index (χ1) is 7.31. The lowest BCUT2D eigenvalue weighted by Crippen LogP contribution is -2.28. The zero-order valence-corrected chi connectivity index (χ0v) is 9.04. The van der Waals surface area contributed by atoms with E-state index >= 15 is 0 Å². The van der Waals surface area contributed by atoms with Gasteiger partial charge in [-0.2, -0.15) is 5.26 Å². The molecule has 15 heavy (non-hydrogen) atoms. The lowest BCUT2D eigenvalue weighted by molar-refractivity contribution is 0.802. The van der Waals surface area contributed by atoms with Crippen LogP contribution in [0, 0.1) is 11.3 Å². The fraction of sp³-hybridized carbons (Fsp3) is 0.250. The number of hydrogen-bond acceptors (Lipinski definition) is 2. The van der Waals surface area contributed by atoms with Gasteiger partial charge in [0.15, 0.2) is 0 Å². The van der Waals surface area contributed by atoms with Crippen LogP contribution in [0.15, 0.2) is 35.9 Å². The van der Waals surface area contributed by atoms with Crippen molar-refractivity contribution in [3.05, 3.63) is 40.9 Å². The van der Waals surface area contributed by atoms with Crippen LogP contribution in [0.4, 0.5) is 5.69 Å². The van der Waals surface area contributed by atoms with Gasteiger partial charge in [-0.05, 0) is 18.6 Å². The standard InChI is InChI=1S/C12H11ClN2/c13-11-3-1-2-4-12(11)15-7-5-10(9-14)6-8-15/h1-5H,6-8H2. The van der Waals surface area contributed by atoms with Gasteiger partial charge in [-0.25, -0.2) is 0 Å². The van der Waals surface area contributed by atoms with Gasteiger partial charge in [0.05, 0.1) is 16.8 Å². The zero-order chi connectivity index (χ0) is 10.7. The van der Waals surface area contributed by atoms with Crippen molar-refractivity contribution in [2.24, 2.45) is 0 Å². The van der Waals surface area contributed by atoms with Crippen molar-refractivity contribution in [3.8, 4) is 6.07 Å². The highest BCUT2D eigenvalue weighted by molar-refractivity contribution is 6.33. The van der Waals surface area contributed by atoms with Gasteiger partial charge in [-0.1, -0.05) is 29.8 Å². The molecule has 76 valence electrons. The lowest BCUT2D eigenvalue weighted by atomic mass is 10.1. The molecular formula is C12H11ClN2. The van der Waals surface area contributed by atoms with Gasteiger partial charge in [-0.3, -0.25) is 0 Å². The average Bonchev–Trinajstić information content (AvgIpc) is 2.30. The molecule has 0 aromatic heterocycles. The highest BCUT2D eigenvalue weighted by Crippen LogP contribution is 2.27. The van der Waals surface area contributed by atoms with Crippen molar-refractivity contribution >= 4 is 17.3 Å². The molecule has 0 fully saturated rings. The van der Waals surface area contributed by atoms with E-state index in [0.717, 1.165) is 35.8 Å². The summed E-state index contributed by atoms with van der Waals surface area (Å²) >= 11 is 6.10. The van der Waals surface area contributed by atoms with E-state index in [1.807, 2.05) is 30.3 Å². The van der Waals surface area contributed by atoms with Gasteiger partial charge < -0.3 is 4.90 Å². The topological polar surface area (TPSA) is 27.0 Å². The number of halogens is 1. The molecule has 0 N–H and O–H groups in total. The molecule has 0 saturated heterocycles. The minimum Gasteiger partial charge on any atom is -0.366 e. The van der Waals surface area contributed by atoms with Crippen LogP contribution >= 0.6 is 11.6 Å². The van der Waals surface area contributed by atoms with Crippen LogP contribution in [0.1, 0.15) is 6.42 Å². The summed E-state index contributed by atoms with van der Waals surface area (Å²) in [4.78, 5) is 2.18. The molecule has 0 aliphatic carbocycles. The van der Waals surface area contributed by atoms with Gasteiger partial charge in [0, 0.05) is 18.7 Å². The molecule has 1 heterocycles. The fourth-order valence-electron chi connectivity index (χ4n) is 1.70. The number of hydrogen-bond donors (Lipinski definition) is 0. The molecule has 1 aliphatic rings.